The second-order valence-corrected chi connectivity index (χ2v) is 10.5. The quantitative estimate of drug-likeness (QED) is 0.199. The molecule has 3 unspecified atom stereocenters. The maximum atomic E-state index is 14.4. The highest BCUT2D eigenvalue weighted by Gasteiger charge is 2.19. The molecule has 36 heavy (non-hydrogen) atoms. The Morgan fingerprint density at radius 2 is 2.03 bits per heavy atom. The van der Waals surface area contributed by atoms with E-state index in [0.29, 0.717) is 24.3 Å². The summed E-state index contributed by atoms with van der Waals surface area (Å²) in [5.74, 6) is -0.183. The molecule has 192 valence electrons. The third kappa shape index (κ3) is 7.60. The average Bonchev–Trinajstić information content (AvgIpc) is 2.85. The van der Waals surface area contributed by atoms with Crippen molar-refractivity contribution in [3.63, 3.8) is 0 Å². The van der Waals surface area contributed by atoms with Gasteiger partial charge in [0.2, 0.25) is 5.95 Å². The van der Waals surface area contributed by atoms with E-state index in [1.54, 1.807) is 36.3 Å². The molecule has 3 aromatic rings. The normalized spacial score (nSPS) is 12.6. The van der Waals surface area contributed by atoms with Gasteiger partial charge in [0.1, 0.15) is 0 Å². The van der Waals surface area contributed by atoms with Crippen LogP contribution in [0, 0.1) is 12.7 Å². The summed E-state index contributed by atoms with van der Waals surface area (Å²) in [6.45, 7) is 6.72. The van der Waals surface area contributed by atoms with Crippen molar-refractivity contribution in [1.82, 2.24) is 15.0 Å². The minimum absolute atomic E-state index is 0.0852. The predicted molar refractivity (Wildman–Crippen MR) is 148 cm³/mol. The van der Waals surface area contributed by atoms with Crippen LogP contribution < -0.4 is 15.6 Å². The monoisotopic (exact) mass is 533 g/mol. The van der Waals surface area contributed by atoms with Gasteiger partial charge in [0, 0.05) is 25.9 Å². The number of rotatable bonds is 11. The molecule has 0 saturated carbocycles. The Bertz CT molecular complexity index is 1210. The number of benzene rings is 1. The number of anilines is 4. The number of methoxy groups -OCH3 is 1. The lowest BCUT2D eigenvalue weighted by molar-refractivity contribution is 0.123. The summed E-state index contributed by atoms with van der Waals surface area (Å²) >= 11 is 0. The lowest BCUT2D eigenvalue weighted by Gasteiger charge is -2.25. The zero-order valence-electron chi connectivity index (χ0n) is 20.7. The van der Waals surface area contributed by atoms with Crippen LogP contribution in [0.3, 0.4) is 0 Å². The molecule has 0 amide bonds. The molecule has 2 heterocycles. The van der Waals surface area contributed by atoms with Crippen LogP contribution in [0.1, 0.15) is 30.8 Å². The highest BCUT2D eigenvalue weighted by Crippen LogP contribution is 2.40. The topological polar surface area (TPSA) is 87.6 Å². The van der Waals surface area contributed by atoms with Gasteiger partial charge in [-0.05, 0) is 50.6 Å². The largest absolute Gasteiger partial charge is 0.380 e. The molecule has 1 aromatic carbocycles. The first-order valence-electron chi connectivity index (χ1n) is 11.3. The molecule has 2 N–H and O–H groups in total. The van der Waals surface area contributed by atoms with E-state index in [2.05, 4.69) is 49.3 Å². The van der Waals surface area contributed by atoms with Crippen LogP contribution in [-0.4, -0.2) is 47.5 Å². The minimum atomic E-state index is -1.59. The maximum absolute atomic E-state index is 14.4. The van der Waals surface area contributed by atoms with Crippen LogP contribution in [0.5, 0.6) is 0 Å². The fraction of sp³-hybridized carbons (Fsp3) is 0.333. The van der Waals surface area contributed by atoms with Gasteiger partial charge in [-0.3, -0.25) is 0 Å². The predicted octanol–water partition coefficient (Wildman–Crippen LogP) is 5.20. The highest BCUT2D eigenvalue weighted by atomic mass is 31.1. The number of likely N-dealkylation sites (N-methyl/N-ethyl adjacent to an activating group) is 1. The van der Waals surface area contributed by atoms with Gasteiger partial charge < -0.3 is 15.0 Å². The van der Waals surface area contributed by atoms with Crippen molar-refractivity contribution in [2.45, 2.75) is 32.0 Å². The minimum Gasteiger partial charge on any atom is -0.380 e. The number of ether oxygens (including phenoxy) is 1. The molecule has 0 radical (unpaired) electrons. The molecular weight excluding hydrogens is 502 g/mol. The van der Waals surface area contributed by atoms with Gasteiger partial charge in [0.15, 0.2) is 16.8 Å². The number of aromatic nitrogens is 3. The van der Waals surface area contributed by atoms with Crippen molar-refractivity contribution in [2.75, 3.05) is 35.8 Å². The Kier molecular flexibility index (Phi) is 9.60. The van der Waals surface area contributed by atoms with Crippen LogP contribution in [0.25, 0.3) is 0 Å². The number of aryl methyl sites for hydroxylation is 1. The molecule has 12 heteroatoms. The molecule has 3 atom stereocenters. The van der Waals surface area contributed by atoms with E-state index in [1.807, 2.05) is 32.9 Å². The molecule has 0 fully saturated rings. The van der Waals surface area contributed by atoms with E-state index in [0.717, 1.165) is 23.3 Å². The Balaban J connectivity index is 1.68. The van der Waals surface area contributed by atoms with Crippen molar-refractivity contribution in [1.29, 1.82) is 0 Å². The van der Waals surface area contributed by atoms with E-state index in [9.17, 15) is 8.78 Å². The summed E-state index contributed by atoms with van der Waals surface area (Å²) in [6, 6.07) is 10.8. The number of hydrogen-bond acceptors (Lipinski definition) is 8. The Hall–Kier alpha value is -2.80. The summed E-state index contributed by atoms with van der Waals surface area (Å²) in [7, 11) is 5.93. The highest BCUT2D eigenvalue weighted by molar-refractivity contribution is 7.38. The number of nitrogens with one attached hydrogen (secondary N) is 2. The zero-order chi connectivity index (χ0) is 26.3. The van der Waals surface area contributed by atoms with Crippen LogP contribution >= 0.6 is 18.5 Å². The summed E-state index contributed by atoms with van der Waals surface area (Å²) in [5.41, 5.74) is 6.11. The van der Waals surface area contributed by atoms with E-state index >= 15 is 0 Å². The second kappa shape index (κ2) is 12.4. The van der Waals surface area contributed by atoms with Gasteiger partial charge in [-0.2, -0.15) is 10.1 Å². The van der Waals surface area contributed by atoms with E-state index in [4.69, 9.17) is 4.74 Å². The summed E-state index contributed by atoms with van der Waals surface area (Å²) in [6.07, 6.45) is 2.55. The molecule has 3 rings (SSSR count). The average molecular weight is 534 g/mol. The van der Waals surface area contributed by atoms with Crippen molar-refractivity contribution in [2.24, 2.45) is 5.10 Å². The molecule has 0 aliphatic carbocycles. The SMILES string of the molecule is CCN(CC(C)OC)c1nc(N/N=C/c2ccc(Nc3cccc(C(F)(P)P)c3)c(C)n2)ncc1F. The van der Waals surface area contributed by atoms with Crippen LogP contribution in [0.2, 0.25) is 0 Å². The van der Waals surface area contributed by atoms with Gasteiger partial charge in [-0.25, -0.2) is 24.2 Å². The molecule has 0 aliphatic heterocycles. The van der Waals surface area contributed by atoms with Gasteiger partial charge in [-0.1, -0.05) is 30.6 Å². The summed E-state index contributed by atoms with van der Waals surface area (Å²) in [4.78, 5) is 14.5. The van der Waals surface area contributed by atoms with Crippen molar-refractivity contribution >= 4 is 47.8 Å². The number of hydrazone groups is 1. The molecule has 0 aliphatic rings. The molecule has 8 nitrogen and oxygen atoms in total. The summed E-state index contributed by atoms with van der Waals surface area (Å²) in [5, 5.41) is 5.81. The summed E-state index contributed by atoms with van der Waals surface area (Å²) < 4.78 is 33.8. The Labute approximate surface area is 214 Å². The number of hydrogen-bond donors (Lipinski definition) is 2. The van der Waals surface area contributed by atoms with Crippen molar-refractivity contribution < 1.29 is 13.5 Å². The number of nitrogens with zero attached hydrogens (tertiary/aromatic N) is 5. The lowest BCUT2D eigenvalue weighted by Crippen LogP contribution is -2.33. The first-order chi connectivity index (χ1) is 17.1. The maximum Gasteiger partial charge on any atom is 0.245 e. The fourth-order valence-corrected chi connectivity index (χ4v) is 3.67. The van der Waals surface area contributed by atoms with Crippen LogP contribution in [0.15, 0.2) is 47.7 Å². The number of alkyl halides is 1. The van der Waals surface area contributed by atoms with E-state index in [-0.39, 0.29) is 17.9 Å². The molecule has 0 bridgehead atoms. The van der Waals surface area contributed by atoms with E-state index < -0.39 is 11.0 Å². The smallest absolute Gasteiger partial charge is 0.245 e. The molecule has 2 aromatic heterocycles. The third-order valence-corrected chi connectivity index (χ3v) is 6.01. The van der Waals surface area contributed by atoms with Crippen molar-refractivity contribution in [3.05, 3.63) is 65.4 Å². The van der Waals surface area contributed by atoms with Gasteiger partial charge in [-0.15, -0.1) is 0 Å². The number of pyridine rings is 1. The Morgan fingerprint density at radius 3 is 2.69 bits per heavy atom. The second-order valence-electron chi connectivity index (χ2n) is 8.16. The zero-order valence-corrected chi connectivity index (χ0v) is 23.0. The molecule has 0 spiro atoms. The third-order valence-electron chi connectivity index (χ3n) is 5.34. The number of halogens is 2. The van der Waals surface area contributed by atoms with Gasteiger partial charge in [0.25, 0.3) is 0 Å². The lowest BCUT2D eigenvalue weighted by atomic mass is 10.2. The van der Waals surface area contributed by atoms with Crippen LogP contribution in [0.4, 0.5) is 31.9 Å². The van der Waals surface area contributed by atoms with Gasteiger partial charge in [0.05, 0.1) is 35.6 Å². The van der Waals surface area contributed by atoms with Crippen LogP contribution in [-0.2, 0) is 9.89 Å². The standard InChI is InChI=1S/C24H31F2N7OP2/c1-5-33(14-15(2)34-4)22-20(25)13-27-23(31-22)32-28-12-19-9-10-21(16(3)29-19)30-18-8-6-7-17(11-18)24(26,35)36/h6-13,15,30H,5,14,35-36H2,1-4H3,(H,27,31,32)/b28-12+. The first kappa shape index (κ1) is 27.8. The molecular formula is C24H31F2N7OP2. The molecule has 0 saturated heterocycles. The van der Waals surface area contributed by atoms with E-state index in [1.165, 1.54) is 6.21 Å². The van der Waals surface area contributed by atoms with Gasteiger partial charge >= 0.3 is 0 Å². The van der Waals surface area contributed by atoms with Crippen molar-refractivity contribution in [3.8, 4) is 0 Å². The fourth-order valence-electron chi connectivity index (χ4n) is 3.32. The first-order valence-corrected chi connectivity index (χ1v) is 12.5. The Morgan fingerprint density at radius 1 is 1.25 bits per heavy atom.